The minimum absolute atomic E-state index is 0.186. The van der Waals surface area contributed by atoms with Gasteiger partial charge >= 0.3 is 6.36 Å². The number of nitrogens with one attached hydrogen (secondary N) is 2. The molecule has 1 heterocycles. The van der Waals surface area contributed by atoms with Gasteiger partial charge in [0.2, 0.25) is 0 Å². The zero-order valence-corrected chi connectivity index (χ0v) is 16.4. The Bertz CT molecular complexity index is 1140. The molecule has 6 nitrogen and oxygen atoms in total. The zero-order valence-electron chi connectivity index (χ0n) is 14.7. The van der Waals surface area contributed by atoms with Crippen LogP contribution in [0.1, 0.15) is 9.67 Å². The highest BCUT2D eigenvalue weighted by atomic mass is 32.2. The molecular weight excluding hydrogens is 448 g/mol. The van der Waals surface area contributed by atoms with Crippen LogP contribution in [0.15, 0.2) is 65.6 Å². The van der Waals surface area contributed by atoms with E-state index in [9.17, 15) is 30.8 Å². The normalized spacial score (nSPS) is 11.9. The molecule has 1 amide bonds. The summed E-state index contributed by atoms with van der Waals surface area (Å²) in [5.41, 5.74) is 2.71. The number of benzene rings is 2. The highest BCUT2D eigenvalue weighted by Gasteiger charge is 2.31. The maximum absolute atomic E-state index is 13.0. The number of carbonyl (C=O) groups is 1. The lowest BCUT2D eigenvalue weighted by atomic mass is 10.2. The molecule has 2 N–H and O–H groups in total. The van der Waals surface area contributed by atoms with Crippen molar-refractivity contribution in [1.82, 2.24) is 10.3 Å². The Morgan fingerprint density at radius 1 is 0.933 bits per heavy atom. The lowest BCUT2D eigenvalue weighted by Gasteiger charge is -2.10. The number of thiophene rings is 1. The van der Waals surface area contributed by atoms with Crippen LogP contribution in [0, 0.1) is 5.82 Å². The molecule has 0 spiro atoms. The van der Waals surface area contributed by atoms with Gasteiger partial charge in [-0.05, 0) is 54.1 Å². The molecule has 0 bridgehead atoms. The van der Waals surface area contributed by atoms with Crippen LogP contribution in [-0.2, 0) is 10.0 Å². The molecule has 0 aliphatic carbocycles. The monoisotopic (exact) mass is 460 g/mol. The van der Waals surface area contributed by atoms with Crippen molar-refractivity contribution >= 4 is 27.3 Å². The molecule has 3 aromatic rings. The van der Waals surface area contributed by atoms with Gasteiger partial charge < -0.3 is 4.74 Å². The molecule has 3 rings (SSSR count). The molecule has 0 atom stereocenters. The Kier molecular flexibility index (Phi) is 6.10. The molecular formula is C18H12F4N2O4S2. The Morgan fingerprint density at radius 2 is 1.57 bits per heavy atom. The predicted molar refractivity (Wildman–Crippen MR) is 101 cm³/mol. The van der Waals surface area contributed by atoms with Gasteiger partial charge in [-0.3, -0.25) is 10.2 Å². The van der Waals surface area contributed by atoms with Crippen molar-refractivity contribution in [2.45, 2.75) is 11.3 Å². The minimum atomic E-state index is -4.90. The Labute approximate surface area is 172 Å². The number of ether oxygens (including phenoxy) is 1. The van der Waals surface area contributed by atoms with Gasteiger partial charge in [0.1, 0.15) is 11.6 Å². The van der Waals surface area contributed by atoms with E-state index in [0.29, 0.717) is 10.4 Å². The fraction of sp³-hybridized carbons (Fsp3) is 0.0556. The van der Waals surface area contributed by atoms with E-state index in [0.717, 1.165) is 35.6 Å². The van der Waals surface area contributed by atoms with Gasteiger partial charge in [0.25, 0.3) is 15.9 Å². The summed E-state index contributed by atoms with van der Waals surface area (Å²) in [6.07, 6.45) is -4.90. The Hall–Kier alpha value is -2.96. The molecule has 0 aliphatic heterocycles. The van der Waals surface area contributed by atoms with Crippen LogP contribution >= 0.6 is 11.3 Å². The van der Waals surface area contributed by atoms with Gasteiger partial charge in [-0.2, -0.15) is 0 Å². The number of carbonyl (C=O) groups excluding carboxylic acids is 1. The molecule has 12 heteroatoms. The lowest BCUT2D eigenvalue weighted by molar-refractivity contribution is -0.274. The van der Waals surface area contributed by atoms with Gasteiger partial charge in [-0.15, -0.1) is 29.3 Å². The van der Waals surface area contributed by atoms with Crippen molar-refractivity contribution in [3.8, 4) is 16.2 Å². The average molecular weight is 460 g/mol. The van der Waals surface area contributed by atoms with Gasteiger partial charge in [0, 0.05) is 4.88 Å². The fourth-order valence-electron chi connectivity index (χ4n) is 2.28. The van der Waals surface area contributed by atoms with Crippen LogP contribution < -0.4 is 15.0 Å². The highest BCUT2D eigenvalue weighted by molar-refractivity contribution is 7.89. The first kappa shape index (κ1) is 21.7. The van der Waals surface area contributed by atoms with Gasteiger partial charge in [-0.25, -0.2) is 12.8 Å². The number of sulfonamides is 1. The lowest BCUT2D eigenvalue weighted by Crippen LogP contribution is -2.41. The summed E-state index contributed by atoms with van der Waals surface area (Å²) >= 11 is 1.06. The van der Waals surface area contributed by atoms with Crippen molar-refractivity contribution < 1.29 is 35.5 Å². The van der Waals surface area contributed by atoms with E-state index in [1.807, 2.05) is 10.3 Å². The summed E-state index contributed by atoms with van der Waals surface area (Å²) in [6, 6.07) is 12.2. The van der Waals surface area contributed by atoms with Crippen LogP contribution in [0.25, 0.3) is 10.4 Å². The third-order valence-electron chi connectivity index (χ3n) is 3.63. The van der Waals surface area contributed by atoms with E-state index >= 15 is 0 Å². The molecule has 0 radical (unpaired) electrons. The first-order chi connectivity index (χ1) is 14.0. The number of rotatable bonds is 6. The third kappa shape index (κ3) is 5.55. The van der Waals surface area contributed by atoms with E-state index in [4.69, 9.17) is 0 Å². The van der Waals surface area contributed by atoms with E-state index < -0.39 is 33.9 Å². The topological polar surface area (TPSA) is 84.5 Å². The van der Waals surface area contributed by atoms with E-state index in [1.54, 1.807) is 6.07 Å². The Balaban J connectivity index is 1.64. The summed E-state index contributed by atoms with van der Waals surface area (Å²) in [7, 11) is -4.23. The van der Waals surface area contributed by atoms with E-state index in [-0.39, 0.29) is 9.77 Å². The van der Waals surface area contributed by atoms with Crippen LogP contribution in [-0.4, -0.2) is 20.7 Å². The number of hydrazine groups is 1. The quantitative estimate of drug-likeness (QED) is 0.429. The molecule has 0 unspecified atom stereocenters. The molecule has 30 heavy (non-hydrogen) atoms. The number of hydrogen-bond donors (Lipinski definition) is 2. The summed E-state index contributed by atoms with van der Waals surface area (Å²) in [5.74, 6) is -1.73. The van der Waals surface area contributed by atoms with Gasteiger partial charge in [0.15, 0.2) is 0 Å². The third-order valence-corrected chi connectivity index (χ3v) is 6.02. The van der Waals surface area contributed by atoms with E-state index in [1.165, 1.54) is 30.3 Å². The minimum Gasteiger partial charge on any atom is -0.406 e. The predicted octanol–water partition coefficient (Wildman–Crippen LogP) is 4.08. The maximum atomic E-state index is 13.0. The zero-order chi connectivity index (χ0) is 21.9. The summed E-state index contributed by atoms with van der Waals surface area (Å²) < 4.78 is 77.5. The van der Waals surface area contributed by atoms with Crippen LogP contribution in [0.2, 0.25) is 0 Å². The number of hydrogen-bond acceptors (Lipinski definition) is 5. The number of amides is 1. The average Bonchev–Trinajstić information content (AvgIpc) is 3.16. The molecule has 0 saturated heterocycles. The highest BCUT2D eigenvalue weighted by Crippen LogP contribution is 2.28. The largest absolute Gasteiger partial charge is 0.573 e. The molecule has 0 aliphatic rings. The number of alkyl halides is 3. The van der Waals surface area contributed by atoms with Crippen LogP contribution in [0.5, 0.6) is 5.75 Å². The SMILES string of the molecule is O=C(NNS(=O)(=O)c1ccc(OC(F)(F)F)cc1)c1ccc(-c2ccc(F)cc2)s1. The summed E-state index contributed by atoms with van der Waals surface area (Å²) in [6.45, 7) is 0. The molecule has 1 aromatic heterocycles. The molecule has 158 valence electrons. The second-order valence-corrected chi connectivity index (χ2v) is 8.52. The first-order valence-corrected chi connectivity index (χ1v) is 10.4. The molecule has 0 saturated carbocycles. The van der Waals surface area contributed by atoms with Crippen LogP contribution in [0.4, 0.5) is 17.6 Å². The smallest absolute Gasteiger partial charge is 0.406 e. The van der Waals surface area contributed by atoms with Gasteiger partial charge in [0.05, 0.1) is 9.77 Å². The standard InChI is InChI=1S/C18H12F4N2O4S2/c19-12-3-1-11(2-4-12)15-9-10-16(29-15)17(25)23-24-30(26,27)14-7-5-13(6-8-14)28-18(20,21)22/h1-10,24H,(H,23,25). The maximum Gasteiger partial charge on any atom is 0.573 e. The van der Waals surface area contributed by atoms with E-state index in [2.05, 4.69) is 4.74 Å². The fourth-order valence-corrected chi connectivity index (χ4v) is 4.03. The number of halogens is 4. The van der Waals surface area contributed by atoms with Crippen molar-refractivity contribution in [3.63, 3.8) is 0 Å². The second-order valence-electron chi connectivity index (χ2n) is 5.75. The van der Waals surface area contributed by atoms with Gasteiger partial charge in [-0.1, -0.05) is 12.1 Å². The van der Waals surface area contributed by atoms with Crippen molar-refractivity contribution in [3.05, 3.63) is 71.4 Å². The molecule has 2 aromatic carbocycles. The Morgan fingerprint density at radius 3 is 2.17 bits per heavy atom. The van der Waals surface area contributed by atoms with Crippen molar-refractivity contribution in [2.24, 2.45) is 0 Å². The molecule has 0 fully saturated rings. The van der Waals surface area contributed by atoms with Crippen molar-refractivity contribution in [1.29, 1.82) is 0 Å². The first-order valence-electron chi connectivity index (χ1n) is 8.07. The summed E-state index contributed by atoms with van der Waals surface area (Å²) in [4.78, 5) is 14.5. The van der Waals surface area contributed by atoms with Crippen molar-refractivity contribution in [2.75, 3.05) is 0 Å². The second kappa shape index (κ2) is 8.42. The summed E-state index contributed by atoms with van der Waals surface area (Å²) in [5, 5.41) is 0. The van der Waals surface area contributed by atoms with Crippen LogP contribution in [0.3, 0.4) is 0 Å².